The van der Waals surface area contributed by atoms with Crippen molar-refractivity contribution < 1.29 is 27.4 Å². The lowest BCUT2D eigenvalue weighted by Crippen LogP contribution is -2.27. The number of nitrogens with zero attached hydrogens (tertiary/aromatic N) is 1. The topological polar surface area (TPSA) is 60.5 Å². The number of fused-ring (bicyclic) bond motifs is 1. The fourth-order valence-electron chi connectivity index (χ4n) is 1.97. The lowest BCUT2D eigenvalue weighted by atomic mass is 10.1. The molecule has 0 bridgehead atoms. The van der Waals surface area contributed by atoms with Gasteiger partial charge >= 0.3 is 12.3 Å². The largest absolute Gasteiger partial charge is 0.444 e. The highest BCUT2D eigenvalue weighted by atomic mass is 32.1. The van der Waals surface area contributed by atoms with Crippen molar-refractivity contribution in [1.82, 2.24) is 4.98 Å². The summed E-state index contributed by atoms with van der Waals surface area (Å²) in [6.07, 6.45) is -5.19. The van der Waals surface area contributed by atoms with Gasteiger partial charge in [-0.1, -0.05) is 11.3 Å². The van der Waals surface area contributed by atoms with Gasteiger partial charge in [-0.2, -0.15) is 13.2 Å². The zero-order chi connectivity index (χ0) is 18.1. The van der Waals surface area contributed by atoms with Crippen molar-refractivity contribution in [3.63, 3.8) is 0 Å². The summed E-state index contributed by atoms with van der Waals surface area (Å²) in [7, 11) is 1.39. The first-order chi connectivity index (χ1) is 11.0. The number of aromatic nitrogens is 1. The van der Waals surface area contributed by atoms with Crippen molar-refractivity contribution >= 4 is 32.8 Å². The second-order valence-corrected chi connectivity index (χ2v) is 7.09. The molecule has 0 aliphatic heterocycles. The van der Waals surface area contributed by atoms with Crippen molar-refractivity contribution in [3.05, 3.63) is 23.3 Å². The molecular formula is C15H17F3N2O3S. The standard InChI is InChI=1S/C15H17F3N2O3S/c1-14(2,3)23-13(21)20-12-19-11-8(7-22-4)5-9(15(16,17)18)6-10(11)24-12/h5-6H,7H2,1-4H3,(H,19,20,21). The number of anilines is 1. The first kappa shape index (κ1) is 18.5. The predicted molar refractivity (Wildman–Crippen MR) is 85.2 cm³/mol. The highest BCUT2D eigenvalue weighted by Gasteiger charge is 2.32. The fourth-order valence-corrected chi connectivity index (χ4v) is 2.91. The number of benzene rings is 1. The number of rotatable bonds is 3. The highest BCUT2D eigenvalue weighted by molar-refractivity contribution is 7.22. The average molecular weight is 362 g/mol. The number of hydrogen-bond donors (Lipinski definition) is 1. The van der Waals surface area contributed by atoms with E-state index >= 15 is 0 Å². The van der Waals surface area contributed by atoms with Crippen LogP contribution in [0.25, 0.3) is 10.2 Å². The maximum atomic E-state index is 13.0. The summed E-state index contributed by atoms with van der Waals surface area (Å²) in [6, 6.07) is 2.01. The third kappa shape index (κ3) is 4.57. The Kier molecular flexibility index (Phi) is 5.05. The van der Waals surface area contributed by atoms with Crippen LogP contribution in [0.4, 0.5) is 23.1 Å². The van der Waals surface area contributed by atoms with Gasteiger partial charge in [-0.25, -0.2) is 9.78 Å². The van der Waals surface area contributed by atoms with Crippen molar-refractivity contribution in [3.8, 4) is 0 Å². The summed E-state index contributed by atoms with van der Waals surface area (Å²) in [5, 5.41) is 2.60. The quantitative estimate of drug-likeness (QED) is 0.851. The lowest BCUT2D eigenvalue weighted by molar-refractivity contribution is -0.137. The number of alkyl halides is 3. The SMILES string of the molecule is COCc1cc(C(F)(F)F)cc2sc(NC(=O)OC(C)(C)C)nc12. The van der Waals surface area contributed by atoms with E-state index in [1.54, 1.807) is 20.8 Å². The Bertz CT molecular complexity index is 751. The highest BCUT2D eigenvalue weighted by Crippen LogP contribution is 2.36. The maximum Gasteiger partial charge on any atom is 0.416 e. The van der Waals surface area contributed by atoms with Gasteiger partial charge in [-0.3, -0.25) is 5.32 Å². The van der Waals surface area contributed by atoms with Crippen molar-refractivity contribution in [1.29, 1.82) is 0 Å². The molecule has 9 heteroatoms. The molecule has 0 radical (unpaired) electrons. The molecule has 0 fully saturated rings. The molecule has 2 aromatic rings. The molecule has 1 aromatic carbocycles. The Morgan fingerprint density at radius 2 is 1.96 bits per heavy atom. The maximum absolute atomic E-state index is 13.0. The minimum atomic E-state index is -4.47. The van der Waals surface area contributed by atoms with E-state index in [1.807, 2.05) is 0 Å². The summed E-state index contributed by atoms with van der Waals surface area (Å²) in [5.41, 5.74) is -0.808. The molecule has 0 aliphatic carbocycles. The van der Waals surface area contributed by atoms with Crippen LogP contribution in [0, 0.1) is 0 Å². The summed E-state index contributed by atoms with van der Waals surface area (Å²) < 4.78 is 49.3. The van der Waals surface area contributed by atoms with Gasteiger partial charge in [0, 0.05) is 12.7 Å². The summed E-state index contributed by atoms with van der Waals surface area (Å²) in [4.78, 5) is 16.0. The number of amides is 1. The molecule has 1 heterocycles. The molecular weight excluding hydrogens is 345 g/mol. The average Bonchev–Trinajstić information content (AvgIpc) is 2.77. The third-order valence-corrected chi connectivity index (χ3v) is 3.73. The van der Waals surface area contributed by atoms with Crippen molar-refractivity contribution in [2.24, 2.45) is 0 Å². The molecule has 0 atom stereocenters. The minimum Gasteiger partial charge on any atom is -0.444 e. The molecule has 0 aliphatic rings. The van der Waals surface area contributed by atoms with E-state index in [4.69, 9.17) is 9.47 Å². The molecule has 1 amide bonds. The van der Waals surface area contributed by atoms with Crippen LogP contribution in [0.2, 0.25) is 0 Å². The summed E-state index contributed by atoms with van der Waals surface area (Å²) >= 11 is 0.943. The van der Waals surface area contributed by atoms with E-state index < -0.39 is 23.4 Å². The summed E-state index contributed by atoms with van der Waals surface area (Å²) in [5.74, 6) is 0. The molecule has 24 heavy (non-hydrogen) atoms. The van der Waals surface area contributed by atoms with Crippen LogP contribution in [0.1, 0.15) is 31.9 Å². The second-order valence-electron chi connectivity index (χ2n) is 6.06. The van der Waals surface area contributed by atoms with Crippen LogP contribution in [0.15, 0.2) is 12.1 Å². The number of hydrogen-bond acceptors (Lipinski definition) is 5. The number of carbonyl (C=O) groups is 1. The Morgan fingerprint density at radius 1 is 1.29 bits per heavy atom. The van der Waals surface area contributed by atoms with Crippen molar-refractivity contribution in [2.75, 3.05) is 12.4 Å². The molecule has 1 aromatic heterocycles. The molecule has 0 saturated heterocycles. The van der Waals surface area contributed by atoms with E-state index in [2.05, 4.69) is 10.3 Å². The van der Waals surface area contributed by atoms with Gasteiger partial charge in [-0.15, -0.1) is 0 Å². The van der Waals surface area contributed by atoms with Crippen LogP contribution < -0.4 is 5.32 Å². The van der Waals surface area contributed by atoms with E-state index in [9.17, 15) is 18.0 Å². The van der Waals surface area contributed by atoms with E-state index in [1.165, 1.54) is 7.11 Å². The third-order valence-electron chi connectivity index (χ3n) is 2.81. The molecule has 0 spiro atoms. The Labute approximate surface area is 140 Å². The second kappa shape index (κ2) is 6.56. The molecule has 0 unspecified atom stereocenters. The first-order valence-electron chi connectivity index (χ1n) is 6.99. The number of methoxy groups -OCH3 is 1. The van der Waals surface area contributed by atoms with Crippen LogP contribution in [0.3, 0.4) is 0 Å². The Morgan fingerprint density at radius 3 is 2.50 bits per heavy atom. The summed E-state index contributed by atoms with van der Waals surface area (Å²) in [6.45, 7) is 5.10. The Balaban J connectivity index is 2.38. The predicted octanol–water partition coefficient (Wildman–Crippen LogP) is 4.81. The fraction of sp³-hybridized carbons (Fsp3) is 0.467. The van der Waals surface area contributed by atoms with Gasteiger partial charge < -0.3 is 9.47 Å². The van der Waals surface area contributed by atoms with E-state index in [0.717, 1.165) is 23.5 Å². The van der Waals surface area contributed by atoms with Gasteiger partial charge in [0.25, 0.3) is 0 Å². The molecule has 2 rings (SSSR count). The Hall–Kier alpha value is -1.87. The molecule has 5 nitrogen and oxygen atoms in total. The van der Waals surface area contributed by atoms with Gasteiger partial charge in [0.05, 0.1) is 22.4 Å². The monoisotopic (exact) mass is 362 g/mol. The van der Waals surface area contributed by atoms with Gasteiger partial charge in [0.2, 0.25) is 0 Å². The number of carbonyl (C=O) groups excluding carboxylic acids is 1. The number of ether oxygens (including phenoxy) is 2. The van der Waals surface area contributed by atoms with Crippen LogP contribution in [0.5, 0.6) is 0 Å². The van der Waals surface area contributed by atoms with Crippen LogP contribution in [-0.4, -0.2) is 23.8 Å². The van der Waals surface area contributed by atoms with Gasteiger partial charge in [-0.05, 0) is 32.9 Å². The van der Waals surface area contributed by atoms with Gasteiger partial charge in [0.15, 0.2) is 5.13 Å². The smallest absolute Gasteiger partial charge is 0.416 e. The molecule has 1 N–H and O–H groups in total. The number of nitrogens with one attached hydrogen (secondary N) is 1. The van der Waals surface area contributed by atoms with Gasteiger partial charge in [0.1, 0.15) is 5.60 Å². The number of thiazole rings is 1. The van der Waals surface area contributed by atoms with Crippen LogP contribution >= 0.6 is 11.3 Å². The zero-order valence-electron chi connectivity index (χ0n) is 13.6. The van der Waals surface area contributed by atoms with E-state index in [-0.39, 0.29) is 11.7 Å². The normalized spacial score (nSPS) is 12.5. The van der Waals surface area contributed by atoms with E-state index in [0.29, 0.717) is 15.8 Å². The molecule has 132 valence electrons. The molecule has 0 saturated carbocycles. The number of halogens is 3. The first-order valence-corrected chi connectivity index (χ1v) is 7.81. The zero-order valence-corrected chi connectivity index (χ0v) is 14.4. The van der Waals surface area contributed by atoms with Crippen LogP contribution in [-0.2, 0) is 22.3 Å². The van der Waals surface area contributed by atoms with Crippen molar-refractivity contribution in [2.45, 2.75) is 39.2 Å². The lowest BCUT2D eigenvalue weighted by Gasteiger charge is -2.18. The minimum absolute atomic E-state index is 0.0178.